The molecular weight excluding hydrogens is 1090 g/mol. The molecule has 6 aromatic carbocycles. The van der Waals surface area contributed by atoms with Crippen LogP contribution in [0.5, 0.6) is 57.5 Å². The smallest absolute Gasteiger partial charge is 0.336 e. The number of aryl methyl sites for hydroxylation is 2. The van der Waals surface area contributed by atoms with Crippen LogP contribution in [0.25, 0.3) is 24.3 Å². The second kappa shape index (κ2) is 31.3. The van der Waals surface area contributed by atoms with E-state index in [1.807, 2.05) is 0 Å². The molecular formula is C64H60O20. The van der Waals surface area contributed by atoms with Gasteiger partial charge in [0.15, 0.2) is 46.0 Å². The SMILES string of the molecule is COc1cc(/C=C/C(=O)OCc2ccc(OC(=O)/C=C/c3ccc(OC(C)=O)c(OC)c3)cc2C)ccc1OC(C)=O.COc1cc(/C=C/C(=O)Oc2ccc(C/C(=C\c3ccc(OC(C)=O)c(OC)c3)C(=O)O)c(C)c2)ccc1OC(C)=O. The number of esters is 7. The van der Waals surface area contributed by atoms with Crippen molar-refractivity contribution in [3.05, 3.63) is 178 Å². The fourth-order valence-electron chi connectivity index (χ4n) is 7.50. The normalized spacial score (nSPS) is 11.0. The van der Waals surface area contributed by atoms with Crippen LogP contribution in [0.4, 0.5) is 0 Å². The predicted octanol–water partition coefficient (Wildman–Crippen LogP) is 10.4. The van der Waals surface area contributed by atoms with Crippen molar-refractivity contribution in [3.63, 3.8) is 0 Å². The number of ether oxygens (including phenoxy) is 11. The van der Waals surface area contributed by atoms with E-state index in [0.29, 0.717) is 56.8 Å². The first-order chi connectivity index (χ1) is 40.1. The molecule has 0 saturated heterocycles. The van der Waals surface area contributed by atoms with Crippen LogP contribution >= 0.6 is 0 Å². The Labute approximate surface area is 484 Å². The number of benzene rings is 6. The molecule has 0 aliphatic rings. The monoisotopic (exact) mass is 1150 g/mol. The van der Waals surface area contributed by atoms with E-state index in [2.05, 4.69) is 0 Å². The second-order valence-corrected chi connectivity index (χ2v) is 17.8. The summed E-state index contributed by atoms with van der Waals surface area (Å²) in [5.41, 5.74) is 5.52. The highest BCUT2D eigenvalue weighted by molar-refractivity contribution is 5.93. The molecule has 0 heterocycles. The van der Waals surface area contributed by atoms with Crippen LogP contribution < -0.4 is 47.4 Å². The van der Waals surface area contributed by atoms with Crippen molar-refractivity contribution in [1.82, 2.24) is 0 Å². The van der Waals surface area contributed by atoms with Crippen LogP contribution in [0.15, 0.2) is 133 Å². The third-order valence-electron chi connectivity index (χ3n) is 11.4. The van der Waals surface area contributed by atoms with Gasteiger partial charge in [-0.3, -0.25) is 19.2 Å². The number of aliphatic carboxylic acids is 1. The summed E-state index contributed by atoms with van der Waals surface area (Å²) in [5.74, 6) is -1.84. The molecule has 20 heteroatoms. The molecule has 0 atom stereocenters. The van der Waals surface area contributed by atoms with Gasteiger partial charge in [0.25, 0.3) is 0 Å². The van der Waals surface area contributed by atoms with Gasteiger partial charge in [-0.05, 0) is 155 Å². The summed E-state index contributed by atoms with van der Waals surface area (Å²) in [6.45, 7) is 8.75. The Bertz CT molecular complexity index is 3560. The Morgan fingerprint density at radius 3 is 1.06 bits per heavy atom. The van der Waals surface area contributed by atoms with Crippen LogP contribution in [0.3, 0.4) is 0 Å². The van der Waals surface area contributed by atoms with Crippen LogP contribution in [-0.2, 0) is 56.1 Å². The molecule has 0 spiro atoms. The number of carbonyl (C=O) groups is 8. The number of carbonyl (C=O) groups excluding carboxylic acids is 7. The van der Waals surface area contributed by atoms with Gasteiger partial charge in [0.05, 0.1) is 28.4 Å². The van der Waals surface area contributed by atoms with E-state index in [4.69, 9.17) is 52.1 Å². The van der Waals surface area contributed by atoms with Crippen LogP contribution in [0.2, 0.25) is 0 Å². The lowest BCUT2D eigenvalue weighted by molar-refractivity contribution is -0.139. The van der Waals surface area contributed by atoms with Gasteiger partial charge in [-0.2, -0.15) is 0 Å². The van der Waals surface area contributed by atoms with E-state index in [9.17, 15) is 43.5 Å². The Kier molecular flexibility index (Phi) is 23.9. The highest BCUT2D eigenvalue weighted by atomic mass is 16.6. The van der Waals surface area contributed by atoms with Crippen molar-refractivity contribution >= 4 is 72.1 Å². The van der Waals surface area contributed by atoms with Crippen molar-refractivity contribution in [2.45, 2.75) is 54.6 Å². The summed E-state index contributed by atoms with van der Waals surface area (Å²) in [6, 6.07) is 29.2. The number of rotatable bonds is 22. The van der Waals surface area contributed by atoms with Crippen molar-refractivity contribution in [2.75, 3.05) is 28.4 Å². The van der Waals surface area contributed by atoms with Crippen molar-refractivity contribution in [3.8, 4) is 57.5 Å². The van der Waals surface area contributed by atoms with Crippen molar-refractivity contribution in [1.29, 1.82) is 0 Å². The minimum Gasteiger partial charge on any atom is -0.493 e. The molecule has 84 heavy (non-hydrogen) atoms. The largest absolute Gasteiger partial charge is 0.493 e. The number of carboxylic acids is 1. The molecule has 0 unspecified atom stereocenters. The first kappa shape index (κ1) is 64.1. The zero-order valence-corrected chi connectivity index (χ0v) is 47.6. The molecule has 0 radical (unpaired) electrons. The average molecular weight is 1150 g/mol. The van der Waals surface area contributed by atoms with E-state index in [1.165, 1.54) is 92.6 Å². The maximum absolute atomic E-state index is 12.4. The van der Waals surface area contributed by atoms with Gasteiger partial charge in [0.1, 0.15) is 18.1 Å². The molecule has 0 fully saturated rings. The zero-order chi connectivity index (χ0) is 61.5. The van der Waals surface area contributed by atoms with Gasteiger partial charge in [-0.25, -0.2) is 19.2 Å². The third kappa shape index (κ3) is 20.4. The van der Waals surface area contributed by atoms with E-state index in [0.717, 1.165) is 22.3 Å². The molecule has 0 bridgehead atoms. The van der Waals surface area contributed by atoms with Crippen molar-refractivity contribution < 1.29 is 95.6 Å². The summed E-state index contributed by atoms with van der Waals surface area (Å²) in [6.07, 6.45) is 10.0. The van der Waals surface area contributed by atoms with E-state index in [-0.39, 0.29) is 41.6 Å². The van der Waals surface area contributed by atoms with Gasteiger partial charge in [0.2, 0.25) is 0 Å². The van der Waals surface area contributed by atoms with E-state index < -0.39 is 47.8 Å². The number of hydrogen-bond donors (Lipinski definition) is 1. The number of methoxy groups -OCH3 is 4. The summed E-state index contributed by atoms with van der Waals surface area (Å²) >= 11 is 0. The fourth-order valence-corrected chi connectivity index (χ4v) is 7.50. The van der Waals surface area contributed by atoms with Gasteiger partial charge < -0.3 is 57.2 Å². The molecule has 0 aliphatic carbocycles. The van der Waals surface area contributed by atoms with Gasteiger partial charge in [-0.15, -0.1) is 0 Å². The molecule has 0 aromatic heterocycles. The lowest BCUT2D eigenvalue weighted by atomic mass is 9.98. The Balaban J connectivity index is 0.000000307. The quantitative estimate of drug-likeness (QED) is 0.0376. The maximum atomic E-state index is 12.4. The third-order valence-corrected chi connectivity index (χ3v) is 11.4. The predicted molar refractivity (Wildman–Crippen MR) is 307 cm³/mol. The lowest BCUT2D eigenvalue weighted by Gasteiger charge is -2.11. The Hall–Kier alpha value is -10.8. The topological polar surface area (TPSA) is 258 Å². The molecule has 436 valence electrons. The first-order valence-corrected chi connectivity index (χ1v) is 25.3. The standard InChI is InChI=1S/2C32H30O10/c1-20-16-26(42-32(36)15-9-24-7-13-28(41-22(3)34)30(18-24)38-5)11-10-25(20)19-39-31(35)14-8-23-6-12-27(40-21(2)33)29(17-23)37-4;1-19-14-26(42-31(35)13-8-22-6-11-27(40-20(2)33)29(16-22)38-4)10-9-24(19)18-25(32(36)37)15-23-7-12-28(41-21(3)34)30(17-23)39-5/h6-18H,19H2,1-5H3;6-17H,18H2,1-5H3,(H,36,37)/b14-8+,15-9+;13-8+,25-15+. The zero-order valence-electron chi connectivity index (χ0n) is 47.6. The van der Waals surface area contributed by atoms with Crippen molar-refractivity contribution in [2.24, 2.45) is 0 Å². The average Bonchev–Trinajstić information content (AvgIpc) is 3.65. The Morgan fingerprint density at radius 2 is 0.726 bits per heavy atom. The van der Waals surface area contributed by atoms with Gasteiger partial charge in [-0.1, -0.05) is 36.4 Å². The van der Waals surface area contributed by atoms with E-state index >= 15 is 0 Å². The summed E-state index contributed by atoms with van der Waals surface area (Å²) in [4.78, 5) is 93.9. The maximum Gasteiger partial charge on any atom is 0.336 e. The summed E-state index contributed by atoms with van der Waals surface area (Å²) in [5, 5.41) is 9.82. The number of hydrogen-bond acceptors (Lipinski definition) is 19. The van der Waals surface area contributed by atoms with Gasteiger partial charge >= 0.3 is 47.8 Å². The van der Waals surface area contributed by atoms with Crippen LogP contribution in [-0.4, -0.2) is 81.3 Å². The molecule has 6 rings (SSSR count). The molecule has 1 N–H and O–H groups in total. The summed E-state index contributed by atoms with van der Waals surface area (Å²) in [7, 11) is 5.75. The molecule has 0 aliphatic heterocycles. The fraction of sp³-hybridized carbons (Fsp3) is 0.188. The van der Waals surface area contributed by atoms with E-state index in [1.54, 1.807) is 129 Å². The minimum atomic E-state index is -1.10. The highest BCUT2D eigenvalue weighted by Crippen LogP contribution is 2.33. The van der Waals surface area contributed by atoms with Gasteiger partial charge in [0, 0.05) is 57.9 Å². The molecule has 20 nitrogen and oxygen atoms in total. The molecule has 6 aromatic rings. The van der Waals surface area contributed by atoms with Crippen LogP contribution in [0, 0.1) is 13.8 Å². The van der Waals surface area contributed by atoms with Crippen LogP contribution in [0.1, 0.15) is 72.2 Å². The molecule has 0 amide bonds. The summed E-state index contributed by atoms with van der Waals surface area (Å²) < 4.78 is 57.4. The Morgan fingerprint density at radius 1 is 0.393 bits per heavy atom. The first-order valence-electron chi connectivity index (χ1n) is 25.3. The molecule has 0 saturated carbocycles. The highest BCUT2D eigenvalue weighted by Gasteiger charge is 2.16. The lowest BCUT2D eigenvalue weighted by Crippen LogP contribution is -2.07. The second-order valence-electron chi connectivity index (χ2n) is 17.8. The minimum absolute atomic E-state index is 0.0169. The number of carboxylic acid groups (broad SMARTS) is 1.